The van der Waals surface area contributed by atoms with Crippen molar-refractivity contribution in [2.24, 2.45) is 0 Å². The quantitative estimate of drug-likeness (QED) is 0.803. The van der Waals surface area contributed by atoms with Gasteiger partial charge in [0.05, 0.1) is 25.1 Å². The van der Waals surface area contributed by atoms with Gasteiger partial charge in [-0.25, -0.2) is 9.07 Å². The maximum atomic E-state index is 13.2. The van der Waals surface area contributed by atoms with Gasteiger partial charge in [-0.3, -0.25) is 4.79 Å². The van der Waals surface area contributed by atoms with E-state index >= 15 is 0 Å². The minimum atomic E-state index is -0.273. The van der Waals surface area contributed by atoms with E-state index in [4.69, 9.17) is 4.74 Å². The van der Waals surface area contributed by atoms with Crippen molar-refractivity contribution in [1.82, 2.24) is 19.9 Å². The molecule has 1 saturated heterocycles. The number of hydrogen-bond acceptors (Lipinski definition) is 5. The van der Waals surface area contributed by atoms with Crippen molar-refractivity contribution in [3.63, 3.8) is 0 Å². The second-order valence-corrected chi connectivity index (χ2v) is 6.28. The number of carbonyl (C=O) groups is 1. The molecule has 6 nitrogen and oxygen atoms in total. The molecule has 0 radical (unpaired) electrons. The molecule has 1 aromatic carbocycles. The first-order valence-electron chi connectivity index (χ1n) is 7.22. The molecule has 1 aromatic heterocycles. The van der Waals surface area contributed by atoms with Gasteiger partial charge in [0.25, 0.3) is 0 Å². The van der Waals surface area contributed by atoms with Crippen LogP contribution in [-0.4, -0.2) is 51.8 Å². The minimum Gasteiger partial charge on any atom is -0.383 e. The normalized spacial score (nSPS) is 17.9. The summed E-state index contributed by atoms with van der Waals surface area (Å²) >= 11 is 1.53. The lowest BCUT2D eigenvalue weighted by molar-refractivity contribution is -0.128. The van der Waals surface area contributed by atoms with E-state index < -0.39 is 0 Å². The zero-order valence-electron chi connectivity index (χ0n) is 12.7. The Balaban J connectivity index is 1.72. The number of hydrogen-bond donors (Lipinski definition) is 0. The van der Waals surface area contributed by atoms with Crippen molar-refractivity contribution in [3.05, 3.63) is 47.5 Å². The van der Waals surface area contributed by atoms with Crippen molar-refractivity contribution in [3.8, 4) is 0 Å². The van der Waals surface area contributed by atoms with Crippen LogP contribution in [0.25, 0.3) is 0 Å². The number of aromatic nitrogens is 3. The van der Waals surface area contributed by atoms with Crippen LogP contribution in [0.5, 0.6) is 0 Å². The van der Waals surface area contributed by atoms with E-state index in [2.05, 4.69) is 10.3 Å². The standard InChI is InChI=1S/C15H17FN4O2S/c1-22-6-5-20-14(21)10-23-15(20)13-9-19(18-17-13)8-11-3-2-4-12(16)7-11/h2-4,7,9,15H,5-6,8,10H2,1H3/t15-/m1/s1. The first-order valence-corrected chi connectivity index (χ1v) is 8.27. The summed E-state index contributed by atoms with van der Waals surface area (Å²) in [6, 6.07) is 6.38. The summed E-state index contributed by atoms with van der Waals surface area (Å²) in [5.41, 5.74) is 1.54. The highest BCUT2D eigenvalue weighted by Gasteiger charge is 2.34. The molecule has 1 atom stereocenters. The summed E-state index contributed by atoms with van der Waals surface area (Å²) in [5.74, 6) is 0.243. The fourth-order valence-corrected chi connectivity index (χ4v) is 3.60. The lowest BCUT2D eigenvalue weighted by atomic mass is 10.2. The van der Waals surface area contributed by atoms with Crippen molar-refractivity contribution >= 4 is 17.7 Å². The molecule has 2 heterocycles. The van der Waals surface area contributed by atoms with Crippen LogP contribution in [0, 0.1) is 5.82 Å². The number of methoxy groups -OCH3 is 1. The minimum absolute atomic E-state index is 0.0803. The molecule has 0 unspecified atom stereocenters. The van der Waals surface area contributed by atoms with Crippen molar-refractivity contribution in [2.45, 2.75) is 11.9 Å². The topological polar surface area (TPSA) is 60.2 Å². The molecule has 1 fully saturated rings. The Morgan fingerprint density at radius 3 is 3.13 bits per heavy atom. The van der Waals surface area contributed by atoms with Crippen molar-refractivity contribution in [2.75, 3.05) is 26.0 Å². The maximum Gasteiger partial charge on any atom is 0.233 e. The molecule has 0 N–H and O–H groups in total. The number of rotatable bonds is 6. The third-order valence-corrected chi connectivity index (χ3v) is 4.77. The molecule has 0 saturated carbocycles. The van der Waals surface area contributed by atoms with Crippen molar-refractivity contribution in [1.29, 1.82) is 0 Å². The molecule has 0 bridgehead atoms. The number of thioether (sulfide) groups is 1. The Morgan fingerprint density at radius 2 is 2.35 bits per heavy atom. The van der Waals surface area contributed by atoms with E-state index in [-0.39, 0.29) is 17.1 Å². The molecule has 1 aliphatic rings. The molecule has 0 aliphatic carbocycles. The average molecular weight is 336 g/mol. The van der Waals surface area contributed by atoms with Crippen molar-refractivity contribution < 1.29 is 13.9 Å². The SMILES string of the molecule is COCCN1C(=O)CS[C@@H]1c1cn(Cc2cccc(F)c2)nn1. The van der Waals surface area contributed by atoms with Gasteiger partial charge in [-0.1, -0.05) is 17.3 Å². The highest BCUT2D eigenvalue weighted by molar-refractivity contribution is 8.00. The highest BCUT2D eigenvalue weighted by atomic mass is 32.2. The van der Waals surface area contributed by atoms with Crippen LogP contribution in [0.4, 0.5) is 4.39 Å². The predicted octanol–water partition coefficient (Wildman–Crippen LogP) is 1.69. The van der Waals surface area contributed by atoms with Gasteiger partial charge in [0.2, 0.25) is 5.91 Å². The summed E-state index contributed by atoms with van der Waals surface area (Å²) in [4.78, 5) is 13.7. The van der Waals surface area contributed by atoms with Gasteiger partial charge in [0, 0.05) is 13.7 Å². The zero-order chi connectivity index (χ0) is 16.2. The second-order valence-electron chi connectivity index (χ2n) is 5.21. The molecule has 8 heteroatoms. The van der Waals surface area contributed by atoms with Gasteiger partial charge < -0.3 is 9.64 Å². The number of nitrogens with zero attached hydrogens (tertiary/aromatic N) is 4. The molecule has 1 aliphatic heterocycles. The van der Waals surface area contributed by atoms with E-state index in [0.29, 0.717) is 25.4 Å². The van der Waals surface area contributed by atoms with Gasteiger partial charge in [-0.05, 0) is 17.7 Å². The first-order chi connectivity index (χ1) is 11.2. The van der Waals surface area contributed by atoms with Gasteiger partial charge in [0.1, 0.15) is 16.9 Å². The smallest absolute Gasteiger partial charge is 0.233 e. The van der Waals surface area contributed by atoms with E-state index in [1.54, 1.807) is 29.0 Å². The van der Waals surface area contributed by atoms with Crippen LogP contribution < -0.4 is 0 Å². The summed E-state index contributed by atoms with van der Waals surface area (Å²) in [6.07, 6.45) is 1.81. The number of carbonyl (C=O) groups excluding carboxylic acids is 1. The van der Waals surface area contributed by atoms with Crippen LogP contribution in [0.2, 0.25) is 0 Å². The fourth-order valence-electron chi connectivity index (χ4n) is 2.46. The molecule has 0 spiro atoms. The van der Waals surface area contributed by atoms with Crippen LogP contribution in [0.1, 0.15) is 16.6 Å². The third-order valence-electron chi connectivity index (χ3n) is 3.55. The number of benzene rings is 1. The number of halogens is 1. The molecule has 2 aromatic rings. The second kappa shape index (κ2) is 7.10. The summed E-state index contributed by atoms with van der Waals surface area (Å²) in [5, 5.41) is 8.12. The van der Waals surface area contributed by atoms with Crippen LogP contribution in [-0.2, 0) is 16.1 Å². The summed E-state index contributed by atoms with van der Waals surface area (Å²) in [7, 11) is 1.61. The van der Waals surface area contributed by atoms with Gasteiger partial charge in [0.15, 0.2) is 0 Å². The van der Waals surface area contributed by atoms with Gasteiger partial charge in [-0.15, -0.1) is 16.9 Å². The van der Waals surface area contributed by atoms with E-state index in [0.717, 1.165) is 11.3 Å². The Hall–Kier alpha value is -1.93. The zero-order valence-corrected chi connectivity index (χ0v) is 13.5. The first kappa shape index (κ1) is 15.9. The van der Waals surface area contributed by atoms with Gasteiger partial charge >= 0.3 is 0 Å². The summed E-state index contributed by atoms with van der Waals surface area (Å²) in [6.45, 7) is 1.46. The van der Waals surface area contributed by atoms with E-state index in [1.807, 2.05) is 6.07 Å². The lowest BCUT2D eigenvalue weighted by Gasteiger charge is -2.21. The Kier molecular flexibility index (Phi) is 4.92. The molecular weight excluding hydrogens is 319 g/mol. The van der Waals surface area contributed by atoms with Crippen LogP contribution >= 0.6 is 11.8 Å². The fraction of sp³-hybridized carbons (Fsp3) is 0.400. The largest absolute Gasteiger partial charge is 0.383 e. The number of amides is 1. The Bertz CT molecular complexity index is 694. The molecular formula is C15H17FN4O2S. The molecule has 1 amide bonds. The van der Waals surface area contributed by atoms with E-state index in [9.17, 15) is 9.18 Å². The molecule has 3 rings (SSSR count). The average Bonchev–Trinajstić information content (AvgIpc) is 3.12. The molecule has 23 heavy (non-hydrogen) atoms. The van der Waals surface area contributed by atoms with Gasteiger partial charge in [-0.2, -0.15) is 0 Å². The highest BCUT2D eigenvalue weighted by Crippen LogP contribution is 2.37. The Labute approximate surface area is 137 Å². The monoisotopic (exact) mass is 336 g/mol. The molecule has 122 valence electrons. The third kappa shape index (κ3) is 3.70. The lowest BCUT2D eigenvalue weighted by Crippen LogP contribution is -2.31. The number of ether oxygens (including phenoxy) is 1. The Morgan fingerprint density at radius 1 is 1.48 bits per heavy atom. The van der Waals surface area contributed by atoms with Crippen LogP contribution in [0.15, 0.2) is 30.5 Å². The van der Waals surface area contributed by atoms with Crippen LogP contribution in [0.3, 0.4) is 0 Å². The van der Waals surface area contributed by atoms with E-state index in [1.165, 1.54) is 23.9 Å². The predicted molar refractivity (Wildman–Crippen MR) is 84.3 cm³/mol. The summed E-state index contributed by atoms with van der Waals surface area (Å²) < 4.78 is 19.9. The maximum absolute atomic E-state index is 13.2.